The Labute approximate surface area is 168 Å². The Bertz CT molecular complexity index is 706. The molecule has 2 aromatic heterocycles. The lowest BCUT2D eigenvalue weighted by molar-refractivity contribution is -0.181. The molecule has 6 heteroatoms. The lowest BCUT2D eigenvalue weighted by Gasteiger charge is -2.51. The molecule has 1 spiro atoms. The summed E-state index contributed by atoms with van der Waals surface area (Å²) < 4.78 is 5.81. The molecule has 0 aromatic carbocycles. The molecular weight excluding hydrogens is 378 g/mol. The number of rotatable bonds is 6. The number of esters is 1. The van der Waals surface area contributed by atoms with Crippen molar-refractivity contribution in [1.29, 1.82) is 0 Å². The number of hydrogen-bond acceptors (Lipinski definition) is 6. The summed E-state index contributed by atoms with van der Waals surface area (Å²) in [7, 11) is 0. The molecule has 0 radical (unpaired) electrons. The summed E-state index contributed by atoms with van der Waals surface area (Å²) in [5.41, 5.74) is -1.34. The van der Waals surface area contributed by atoms with Gasteiger partial charge >= 0.3 is 5.97 Å². The van der Waals surface area contributed by atoms with Crippen LogP contribution in [0.4, 0.5) is 0 Å². The number of piperidine rings is 1. The van der Waals surface area contributed by atoms with Gasteiger partial charge in [-0.3, -0.25) is 0 Å². The first-order chi connectivity index (χ1) is 13.1. The van der Waals surface area contributed by atoms with Crippen molar-refractivity contribution in [2.24, 2.45) is 5.41 Å². The van der Waals surface area contributed by atoms with Crippen LogP contribution in [0.25, 0.3) is 0 Å². The van der Waals surface area contributed by atoms with Gasteiger partial charge < -0.3 is 14.7 Å². The van der Waals surface area contributed by atoms with Gasteiger partial charge in [-0.15, -0.1) is 22.7 Å². The van der Waals surface area contributed by atoms with Crippen molar-refractivity contribution in [3.8, 4) is 0 Å². The monoisotopic (exact) mass is 405 g/mol. The number of ether oxygens (including phenoxy) is 1. The van der Waals surface area contributed by atoms with Gasteiger partial charge in [-0.2, -0.15) is 0 Å². The second-order valence-electron chi connectivity index (χ2n) is 7.94. The Balaban J connectivity index is 1.39. The molecule has 146 valence electrons. The summed E-state index contributed by atoms with van der Waals surface area (Å²) in [4.78, 5) is 16.8. The summed E-state index contributed by atoms with van der Waals surface area (Å²) in [5, 5.41) is 15.1. The second-order valence-corrected chi connectivity index (χ2v) is 9.84. The third-order valence-corrected chi connectivity index (χ3v) is 8.06. The van der Waals surface area contributed by atoms with Crippen LogP contribution >= 0.6 is 22.7 Å². The fourth-order valence-corrected chi connectivity index (χ4v) is 6.21. The highest BCUT2D eigenvalue weighted by molar-refractivity contribution is 7.12. The molecule has 27 heavy (non-hydrogen) atoms. The average molecular weight is 406 g/mol. The molecule has 1 aliphatic heterocycles. The van der Waals surface area contributed by atoms with E-state index in [0.717, 1.165) is 25.9 Å². The van der Waals surface area contributed by atoms with E-state index in [9.17, 15) is 9.90 Å². The molecule has 1 N–H and O–H groups in total. The van der Waals surface area contributed by atoms with Gasteiger partial charge in [0.15, 0.2) is 0 Å². The SMILES string of the molecule is CCCN1CCC2(CC1)CC(OC(=O)C(O)(c1cccs1)c1cccs1)C2. The maximum Gasteiger partial charge on any atom is 0.349 e. The first-order valence-electron chi connectivity index (χ1n) is 9.79. The van der Waals surface area contributed by atoms with Gasteiger partial charge in [-0.25, -0.2) is 4.79 Å². The van der Waals surface area contributed by atoms with Gasteiger partial charge in [0, 0.05) is 0 Å². The smallest absolute Gasteiger partial charge is 0.349 e. The average Bonchev–Trinajstić information content (AvgIpc) is 3.35. The summed E-state index contributed by atoms with van der Waals surface area (Å²) in [6, 6.07) is 7.32. The minimum atomic E-state index is -1.68. The zero-order chi connectivity index (χ0) is 18.9. The molecule has 1 aliphatic carbocycles. The molecule has 3 heterocycles. The van der Waals surface area contributed by atoms with E-state index in [1.54, 1.807) is 12.1 Å². The molecule has 0 unspecified atom stereocenters. The minimum absolute atomic E-state index is 0.0679. The van der Waals surface area contributed by atoms with Gasteiger partial charge in [0.1, 0.15) is 6.10 Å². The van der Waals surface area contributed by atoms with E-state index in [2.05, 4.69) is 11.8 Å². The highest BCUT2D eigenvalue weighted by Gasteiger charge is 2.51. The number of aliphatic hydroxyl groups is 1. The van der Waals surface area contributed by atoms with Crippen molar-refractivity contribution in [2.75, 3.05) is 19.6 Å². The van der Waals surface area contributed by atoms with E-state index in [4.69, 9.17) is 4.74 Å². The normalized spacial score (nSPS) is 20.5. The quantitative estimate of drug-likeness (QED) is 0.730. The Hall–Kier alpha value is -1.21. The number of hydrogen-bond donors (Lipinski definition) is 1. The lowest BCUT2D eigenvalue weighted by atomic mass is 9.61. The predicted molar refractivity (Wildman–Crippen MR) is 109 cm³/mol. The number of carbonyl (C=O) groups is 1. The van der Waals surface area contributed by atoms with Crippen LogP contribution in [0.15, 0.2) is 35.0 Å². The Morgan fingerprint density at radius 2 is 1.81 bits per heavy atom. The Morgan fingerprint density at radius 3 is 2.30 bits per heavy atom. The number of carbonyl (C=O) groups excluding carboxylic acids is 1. The Kier molecular flexibility index (Phi) is 5.43. The van der Waals surface area contributed by atoms with E-state index in [0.29, 0.717) is 15.2 Å². The zero-order valence-electron chi connectivity index (χ0n) is 15.7. The van der Waals surface area contributed by atoms with Crippen molar-refractivity contribution in [1.82, 2.24) is 4.90 Å². The van der Waals surface area contributed by atoms with Crippen molar-refractivity contribution >= 4 is 28.6 Å². The first kappa shape index (κ1) is 19.1. The van der Waals surface area contributed by atoms with Gasteiger partial charge in [0.2, 0.25) is 5.60 Å². The van der Waals surface area contributed by atoms with Crippen LogP contribution in [0.3, 0.4) is 0 Å². The van der Waals surface area contributed by atoms with Crippen LogP contribution in [-0.4, -0.2) is 41.7 Å². The molecule has 1 saturated carbocycles. The van der Waals surface area contributed by atoms with Crippen molar-refractivity contribution in [3.05, 3.63) is 44.8 Å². The predicted octanol–water partition coefficient (Wildman–Crippen LogP) is 4.24. The standard InChI is InChI=1S/C21H27NO3S2/c1-2-9-22-10-7-20(8-11-22)14-16(15-20)25-19(23)21(24,17-5-3-12-26-17)18-6-4-13-27-18/h3-6,12-13,16,24H,2,7-11,14-15H2,1H3. The van der Waals surface area contributed by atoms with Crippen LogP contribution in [0.1, 0.15) is 48.8 Å². The van der Waals surface area contributed by atoms with Gasteiger partial charge in [0.05, 0.1) is 9.75 Å². The van der Waals surface area contributed by atoms with Gasteiger partial charge in [-0.1, -0.05) is 19.1 Å². The maximum atomic E-state index is 13.0. The molecule has 4 rings (SSSR count). The molecule has 2 fully saturated rings. The molecule has 1 saturated heterocycles. The second kappa shape index (κ2) is 7.66. The molecule has 4 nitrogen and oxygen atoms in total. The molecule has 0 amide bonds. The topological polar surface area (TPSA) is 49.8 Å². The third kappa shape index (κ3) is 3.60. The van der Waals surface area contributed by atoms with Crippen molar-refractivity contribution < 1.29 is 14.6 Å². The molecular formula is C21H27NO3S2. The van der Waals surface area contributed by atoms with Crippen molar-refractivity contribution in [2.45, 2.75) is 50.7 Å². The van der Waals surface area contributed by atoms with Gasteiger partial charge in [-0.05, 0) is 80.0 Å². The summed E-state index contributed by atoms with van der Waals surface area (Å²) >= 11 is 2.77. The van der Waals surface area contributed by atoms with E-state index in [1.165, 1.54) is 48.5 Å². The molecule has 2 aliphatic rings. The molecule has 0 atom stereocenters. The number of likely N-dealkylation sites (tertiary alicyclic amines) is 1. The number of nitrogens with zero attached hydrogens (tertiary/aromatic N) is 1. The van der Waals surface area contributed by atoms with Crippen LogP contribution in [0, 0.1) is 5.41 Å². The van der Waals surface area contributed by atoms with E-state index >= 15 is 0 Å². The van der Waals surface area contributed by atoms with Crippen LogP contribution in [-0.2, 0) is 15.1 Å². The zero-order valence-corrected chi connectivity index (χ0v) is 17.4. The highest BCUT2D eigenvalue weighted by atomic mass is 32.1. The van der Waals surface area contributed by atoms with Crippen molar-refractivity contribution in [3.63, 3.8) is 0 Å². The number of thiophene rings is 2. The molecule has 0 bridgehead atoms. The van der Waals surface area contributed by atoms with E-state index < -0.39 is 11.6 Å². The van der Waals surface area contributed by atoms with Crippen LogP contribution in [0.5, 0.6) is 0 Å². The van der Waals surface area contributed by atoms with Gasteiger partial charge in [0.25, 0.3) is 0 Å². The van der Waals surface area contributed by atoms with Crippen LogP contribution in [0.2, 0.25) is 0 Å². The lowest BCUT2D eigenvalue weighted by Crippen LogP contribution is -2.51. The Morgan fingerprint density at radius 1 is 1.22 bits per heavy atom. The summed E-state index contributed by atoms with van der Waals surface area (Å²) in [5.74, 6) is -0.532. The highest BCUT2D eigenvalue weighted by Crippen LogP contribution is 2.51. The summed E-state index contributed by atoms with van der Waals surface area (Å²) in [6.45, 7) is 5.72. The van der Waals surface area contributed by atoms with Crippen LogP contribution < -0.4 is 0 Å². The van der Waals surface area contributed by atoms with E-state index in [-0.39, 0.29) is 6.10 Å². The summed E-state index contributed by atoms with van der Waals surface area (Å²) in [6.07, 6.45) is 5.40. The van der Waals surface area contributed by atoms with E-state index in [1.807, 2.05) is 22.9 Å². The minimum Gasteiger partial charge on any atom is -0.460 e. The largest absolute Gasteiger partial charge is 0.460 e. The molecule has 2 aromatic rings. The fraction of sp³-hybridized carbons (Fsp3) is 0.571. The fourth-order valence-electron chi connectivity index (χ4n) is 4.49. The third-order valence-electron chi connectivity index (χ3n) is 6.10. The maximum absolute atomic E-state index is 13.0. The first-order valence-corrected chi connectivity index (χ1v) is 11.6.